The van der Waals surface area contributed by atoms with Crippen molar-refractivity contribution in [3.8, 4) is 5.75 Å². The highest BCUT2D eigenvalue weighted by molar-refractivity contribution is 5.75. The molecule has 36 heavy (non-hydrogen) atoms. The van der Waals surface area contributed by atoms with Crippen molar-refractivity contribution in [2.75, 3.05) is 56.6 Å². The summed E-state index contributed by atoms with van der Waals surface area (Å²) in [5, 5.41) is 3.19. The van der Waals surface area contributed by atoms with Crippen LogP contribution < -0.4 is 31.8 Å². The van der Waals surface area contributed by atoms with E-state index in [1.54, 1.807) is 20.4 Å². The lowest BCUT2D eigenvalue weighted by molar-refractivity contribution is 0.256. The molecule has 3 aromatic heterocycles. The van der Waals surface area contributed by atoms with Crippen molar-refractivity contribution in [3.05, 3.63) is 61.7 Å². The molecule has 2 N–H and O–H groups in total. The molecule has 1 aliphatic heterocycles. The van der Waals surface area contributed by atoms with E-state index in [2.05, 4.69) is 31.2 Å². The van der Waals surface area contributed by atoms with Crippen molar-refractivity contribution in [3.63, 3.8) is 0 Å². The number of nitrogens with one attached hydrogen (secondary N) is 2. The fourth-order valence-corrected chi connectivity index (χ4v) is 4.74. The van der Waals surface area contributed by atoms with E-state index in [0.717, 1.165) is 55.1 Å². The maximum absolute atomic E-state index is 12.7. The number of ether oxygens (including phenoxy) is 1. The molecule has 1 aliphatic rings. The number of aromatic nitrogens is 5. The number of benzene rings is 1. The molecule has 5 rings (SSSR count). The van der Waals surface area contributed by atoms with E-state index >= 15 is 0 Å². The number of aryl methyl sites for hydroxylation is 1. The average molecular weight is 495 g/mol. The number of fused-ring (bicyclic) bond motifs is 3. The lowest BCUT2D eigenvalue weighted by atomic mass is 10.2. The number of anilines is 2. The summed E-state index contributed by atoms with van der Waals surface area (Å²) in [6.07, 6.45) is 2.43. The predicted octanol–water partition coefficient (Wildman–Crippen LogP) is 0.206. The summed E-state index contributed by atoms with van der Waals surface area (Å²) in [7, 11) is 4.66. The highest BCUT2D eigenvalue weighted by Gasteiger charge is 2.20. The Morgan fingerprint density at radius 3 is 2.56 bits per heavy atom. The fourth-order valence-electron chi connectivity index (χ4n) is 4.74. The average Bonchev–Trinajstić information content (AvgIpc) is 3.27. The van der Waals surface area contributed by atoms with Gasteiger partial charge in [-0.3, -0.25) is 33.0 Å². The number of H-pyrrole nitrogens is 1. The van der Waals surface area contributed by atoms with Crippen LogP contribution >= 0.6 is 0 Å². The molecule has 1 fully saturated rings. The molecule has 0 aliphatic carbocycles. The zero-order valence-corrected chi connectivity index (χ0v) is 20.7. The Balaban J connectivity index is 1.22. The molecule has 190 valence electrons. The summed E-state index contributed by atoms with van der Waals surface area (Å²) in [5.74, 6) is 1.11. The molecule has 0 radical (unpaired) electrons. The third kappa shape index (κ3) is 4.13. The summed E-state index contributed by atoms with van der Waals surface area (Å²) in [6, 6.07) is 8.08. The number of nitrogens with zero attached hydrogens (tertiary/aromatic N) is 6. The van der Waals surface area contributed by atoms with Gasteiger partial charge in [-0.05, 0) is 25.1 Å². The summed E-state index contributed by atoms with van der Waals surface area (Å²) < 4.78 is 9.34. The van der Waals surface area contributed by atoms with Gasteiger partial charge in [0.15, 0.2) is 11.2 Å². The third-order valence-corrected chi connectivity index (χ3v) is 6.78. The van der Waals surface area contributed by atoms with Gasteiger partial charge in [-0.15, -0.1) is 0 Å². The summed E-state index contributed by atoms with van der Waals surface area (Å²) in [5.41, 5.74) is 0.665. The van der Waals surface area contributed by atoms with Crippen LogP contribution in [0.3, 0.4) is 0 Å². The monoisotopic (exact) mass is 494 g/mol. The van der Waals surface area contributed by atoms with Gasteiger partial charge in [0.1, 0.15) is 11.4 Å². The van der Waals surface area contributed by atoms with Crippen LogP contribution in [0.25, 0.3) is 16.9 Å². The highest BCUT2D eigenvalue weighted by Crippen LogP contribution is 2.28. The van der Waals surface area contributed by atoms with Gasteiger partial charge in [0.05, 0.1) is 12.8 Å². The van der Waals surface area contributed by atoms with Crippen LogP contribution in [0, 0.1) is 0 Å². The lowest BCUT2D eigenvalue weighted by Gasteiger charge is -2.36. The van der Waals surface area contributed by atoms with E-state index in [1.807, 2.05) is 18.2 Å². The van der Waals surface area contributed by atoms with Crippen LogP contribution in [0.2, 0.25) is 0 Å². The van der Waals surface area contributed by atoms with Crippen molar-refractivity contribution < 1.29 is 4.74 Å². The Kier molecular flexibility index (Phi) is 6.27. The first kappa shape index (κ1) is 23.7. The number of imidazole rings is 1. The molecule has 12 heteroatoms. The molecular weight excluding hydrogens is 464 g/mol. The second-order valence-electron chi connectivity index (χ2n) is 8.96. The van der Waals surface area contributed by atoms with Gasteiger partial charge in [0, 0.05) is 53.0 Å². The van der Waals surface area contributed by atoms with Crippen LogP contribution in [0.4, 0.5) is 11.4 Å². The largest absolute Gasteiger partial charge is 0.495 e. The molecule has 4 heterocycles. The number of piperazine rings is 1. The molecule has 0 saturated carbocycles. The molecule has 0 spiro atoms. The second-order valence-corrected chi connectivity index (χ2v) is 8.96. The van der Waals surface area contributed by atoms with Crippen molar-refractivity contribution in [1.82, 2.24) is 28.4 Å². The van der Waals surface area contributed by atoms with Gasteiger partial charge >= 0.3 is 5.69 Å². The SMILES string of the molecule is COc1ccccc1N1CCN(CCCNc2cn3c(nc4c3c(=O)n(C)c(=O)n4C)[nH]c2=O)CC1. The molecule has 1 saturated heterocycles. The predicted molar refractivity (Wildman–Crippen MR) is 139 cm³/mol. The van der Waals surface area contributed by atoms with Crippen molar-refractivity contribution >= 4 is 28.3 Å². The van der Waals surface area contributed by atoms with Gasteiger partial charge in [-0.25, -0.2) is 4.79 Å². The number of rotatable bonds is 7. The van der Waals surface area contributed by atoms with Crippen LogP contribution in [0.1, 0.15) is 6.42 Å². The van der Waals surface area contributed by atoms with Gasteiger partial charge in [-0.1, -0.05) is 12.1 Å². The summed E-state index contributed by atoms with van der Waals surface area (Å²) >= 11 is 0. The maximum atomic E-state index is 12.7. The maximum Gasteiger partial charge on any atom is 0.332 e. The molecule has 0 bridgehead atoms. The van der Waals surface area contributed by atoms with E-state index in [9.17, 15) is 14.4 Å². The molecule has 1 aromatic carbocycles. The Morgan fingerprint density at radius 2 is 1.81 bits per heavy atom. The number of hydrogen-bond acceptors (Lipinski definition) is 8. The first-order chi connectivity index (χ1) is 17.4. The number of methoxy groups -OCH3 is 1. The smallest absolute Gasteiger partial charge is 0.332 e. The summed E-state index contributed by atoms with van der Waals surface area (Å²) in [6.45, 7) is 5.26. The van der Waals surface area contributed by atoms with Gasteiger partial charge < -0.3 is 15.0 Å². The van der Waals surface area contributed by atoms with Crippen molar-refractivity contribution in [1.29, 1.82) is 0 Å². The standard InChI is InChI=1S/C24H30N8O4/c1-28-20-19(22(34)29(2)24(28)35)32-15-16(21(33)27-23(32)26-20)25-9-6-10-30-11-13-31(14-12-30)17-7-4-5-8-18(17)36-3/h4-5,7-8,15,25H,6,9-14H2,1-3H3,(H,26,27,33). The molecule has 4 aromatic rings. The second kappa shape index (κ2) is 9.53. The Hall–Kier alpha value is -4.06. The molecule has 0 unspecified atom stereocenters. The topological polar surface area (TPSA) is 122 Å². The zero-order chi connectivity index (χ0) is 25.4. The first-order valence-corrected chi connectivity index (χ1v) is 11.9. The first-order valence-electron chi connectivity index (χ1n) is 11.9. The highest BCUT2D eigenvalue weighted by atomic mass is 16.5. The minimum absolute atomic E-state index is 0.215. The third-order valence-electron chi connectivity index (χ3n) is 6.78. The minimum atomic E-state index is -0.472. The van der Waals surface area contributed by atoms with Gasteiger partial charge in [-0.2, -0.15) is 4.98 Å². The van der Waals surface area contributed by atoms with E-state index in [4.69, 9.17) is 4.74 Å². The number of aromatic amines is 1. The van der Waals surface area contributed by atoms with Crippen LogP contribution in [-0.4, -0.2) is 74.8 Å². The lowest BCUT2D eigenvalue weighted by Crippen LogP contribution is -2.47. The van der Waals surface area contributed by atoms with Gasteiger partial charge in [0.2, 0.25) is 5.78 Å². The molecule has 0 atom stereocenters. The minimum Gasteiger partial charge on any atom is -0.495 e. The molecular formula is C24H30N8O4. The van der Waals surface area contributed by atoms with Crippen LogP contribution in [0.5, 0.6) is 5.75 Å². The summed E-state index contributed by atoms with van der Waals surface area (Å²) in [4.78, 5) is 49.3. The molecule has 12 nitrogen and oxygen atoms in total. The van der Waals surface area contributed by atoms with E-state index in [-0.39, 0.29) is 22.5 Å². The Bertz CT molecular complexity index is 1590. The fraction of sp³-hybridized carbons (Fsp3) is 0.417. The zero-order valence-electron chi connectivity index (χ0n) is 20.7. The van der Waals surface area contributed by atoms with Crippen LogP contribution in [-0.2, 0) is 14.1 Å². The van der Waals surface area contributed by atoms with E-state index in [1.165, 1.54) is 16.0 Å². The number of para-hydroxylation sites is 2. The Labute approximate surface area is 206 Å². The molecule has 0 amide bonds. The van der Waals surface area contributed by atoms with E-state index in [0.29, 0.717) is 12.2 Å². The normalized spacial score (nSPS) is 14.6. The van der Waals surface area contributed by atoms with Crippen molar-refractivity contribution in [2.24, 2.45) is 14.1 Å². The van der Waals surface area contributed by atoms with E-state index < -0.39 is 11.2 Å². The van der Waals surface area contributed by atoms with Gasteiger partial charge in [0.25, 0.3) is 11.1 Å². The van der Waals surface area contributed by atoms with Crippen molar-refractivity contribution in [2.45, 2.75) is 6.42 Å². The number of hydrogen-bond donors (Lipinski definition) is 2. The Morgan fingerprint density at radius 1 is 1.06 bits per heavy atom. The van der Waals surface area contributed by atoms with Crippen LogP contribution in [0.15, 0.2) is 44.8 Å². The quantitative estimate of drug-likeness (QED) is 0.350.